The van der Waals surface area contributed by atoms with Crippen molar-refractivity contribution in [2.24, 2.45) is 0 Å². The minimum Gasteiger partial charge on any atom is -0.310 e. The van der Waals surface area contributed by atoms with Crippen LogP contribution in [0.2, 0.25) is 0 Å². The summed E-state index contributed by atoms with van der Waals surface area (Å²) in [5, 5.41) is 3.78. The first-order chi connectivity index (χ1) is 7.79. The molecule has 0 radical (unpaired) electrons. The monoisotopic (exact) mass is 235 g/mol. The third-order valence-electron chi connectivity index (χ3n) is 2.21. The van der Waals surface area contributed by atoms with Crippen molar-refractivity contribution >= 4 is 23.4 Å². The van der Waals surface area contributed by atoms with E-state index in [0.29, 0.717) is 6.54 Å². The molecule has 2 nitrogen and oxygen atoms in total. The third-order valence-corrected chi connectivity index (χ3v) is 2.88. The zero-order valence-corrected chi connectivity index (χ0v) is 9.28. The van der Waals surface area contributed by atoms with Crippen LogP contribution in [0.3, 0.4) is 0 Å². The van der Waals surface area contributed by atoms with E-state index in [2.05, 4.69) is 0 Å². The van der Waals surface area contributed by atoms with Gasteiger partial charge in [-0.1, -0.05) is 12.1 Å². The lowest BCUT2D eigenvalue weighted by atomic mass is 10.2. The van der Waals surface area contributed by atoms with Crippen LogP contribution >= 0.6 is 11.3 Å². The van der Waals surface area contributed by atoms with E-state index in [4.69, 9.17) is 0 Å². The van der Waals surface area contributed by atoms with Crippen molar-refractivity contribution < 1.29 is 9.18 Å². The summed E-state index contributed by atoms with van der Waals surface area (Å²) >= 11 is 1.52. The predicted octanol–water partition coefficient (Wildman–Crippen LogP) is 3.05. The smallest absolute Gasteiger partial charge is 0.214 e. The van der Waals surface area contributed by atoms with Crippen LogP contribution in [0.4, 0.5) is 10.1 Å². The summed E-state index contributed by atoms with van der Waals surface area (Å²) in [7, 11) is 0. The first kappa shape index (κ1) is 10.8. The molecule has 2 rings (SSSR count). The van der Waals surface area contributed by atoms with Crippen LogP contribution in [0.15, 0.2) is 41.1 Å². The predicted molar refractivity (Wildman–Crippen MR) is 63.0 cm³/mol. The highest BCUT2D eigenvalue weighted by atomic mass is 32.1. The standard InChI is InChI=1S/C12H10FNOS/c13-11-3-1-2-10(6-11)7-14(9-15)12-4-5-16-8-12/h1-6,8-9H,7H2. The van der Waals surface area contributed by atoms with Gasteiger partial charge >= 0.3 is 0 Å². The molecule has 0 saturated heterocycles. The number of anilines is 1. The molecular formula is C12H10FNOS. The molecule has 0 aliphatic carbocycles. The van der Waals surface area contributed by atoms with E-state index in [0.717, 1.165) is 17.7 Å². The van der Waals surface area contributed by atoms with Crippen LogP contribution in [0, 0.1) is 5.82 Å². The van der Waals surface area contributed by atoms with Gasteiger partial charge < -0.3 is 4.90 Å². The number of nitrogens with zero attached hydrogens (tertiary/aromatic N) is 1. The fourth-order valence-corrected chi connectivity index (χ4v) is 2.09. The summed E-state index contributed by atoms with van der Waals surface area (Å²) in [5.74, 6) is -0.284. The maximum atomic E-state index is 13.0. The van der Waals surface area contributed by atoms with Gasteiger partial charge in [-0.25, -0.2) is 4.39 Å². The summed E-state index contributed by atoms with van der Waals surface area (Å²) in [6.45, 7) is 0.387. The Hall–Kier alpha value is -1.68. The Bertz CT molecular complexity index is 470. The topological polar surface area (TPSA) is 20.3 Å². The molecule has 1 aromatic carbocycles. The highest BCUT2D eigenvalue weighted by Crippen LogP contribution is 2.19. The third kappa shape index (κ3) is 2.46. The van der Waals surface area contributed by atoms with Crippen molar-refractivity contribution in [1.82, 2.24) is 0 Å². The van der Waals surface area contributed by atoms with Gasteiger partial charge in [-0.05, 0) is 29.1 Å². The number of halogens is 1. The molecule has 16 heavy (non-hydrogen) atoms. The number of carbonyl (C=O) groups is 1. The second-order valence-corrected chi connectivity index (χ2v) is 4.12. The zero-order valence-electron chi connectivity index (χ0n) is 8.47. The number of thiophene rings is 1. The summed E-state index contributed by atoms with van der Waals surface area (Å²) in [6.07, 6.45) is 0.757. The van der Waals surface area contributed by atoms with Gasteiger partial charge in [-0.2, -0.15) is 11.3 Å². The van der Waals surface area contributed by atoms with Crippen LogP contribution in [-0.4, -0.2) is 6.41 Å². The first-order valence-electron chi connectivity index (χ1n) is 4.78. The Morgan fingerprint density at radius 3 is 2.88 bits per heavy atom. The Labute approximate surface area is 96.9 Å². The molecule has 0 saturated carbocycles. The second kappa shape index (κ2) is 4.90. The molecule has 0 fully saturated rings. The lowest BCUT2D eigenvalue weighted by Gasteiger charge is -2.15. The molecule has 0 unspecified atom stereocenters. The molecule has 0 aliphatic rings. The molecule has 82 valence electrons. The molecule has 1 aromatic heterocycles. The van der Waals surface area contributed by atoms with E-state index in [1.54, 1.807) is 17.0 Å². The lowest BCUT2D eigenvalue weighted by Crippen LogP contribution is -2.19. The minimum absolute atomic E-state index is 0.284. The molecule has 0 atom stereocenters. The van der Waals surface area contributed by atoms with E-state index in [-0.39, 0.29) is 5.82 Å². The largest absolute Gasteiger partial charge is 0.310 e. The minimum atomic E-state index is -0.284. The number of benzene rings is 1. The molecule has 0 N–H and O–H groups in total. The van der Waals surface area contributed by atoms with Gasteiger partial charge in [0.05, 0.1) is 12.2 Å². The Balaban J connectivity index is 2.16. The highest BCUT2D eigenvalue weighted by molar-refractivity contribution is 7.08. The molecular weight excluding hydrogens is 225 g/mol. The first-order valence-corrected chi connectivity index (χ1v) is 5.72. The highest BCUT2D eigenvalue weighted by Gasteiger charge is 2.06. The molecule has 2 aromatic rings. The van der Waals surface area contributed by atoms with E-state index < -0.39 is 0 Å². The Morgan fingerprint density at radius 1 is 1.38 bits per heavy atom. The van der Waals surface area contributed by atoms with Crippen LogP contribution < -0.4 is 4.90 Å². The number of amides is 1. The normalized spacial score (nSPS) is 10.1. The zero-order chi connectivity index (χ0) is 11.4. The van der Waals surface area contributed by atoms with Gasteiger partial charge in [0.1, 0.15) is 5.82 Å². The Morgan fingerprint density at radius 2 is 2.25 bits per heavy atom. The van der Waals surface area contributed by atoms with E-state index in [9.17, 15) is 9.18 Å². The molecule has 1 amide bonds. The molecule has 0 spiro atoms. The summed E-state index contributed by atoms with van der Waals surface area (Å²) in [4.78, 5) is 12.5. The average Bonchev–Trinajstić information content (AvgIpc) is 2.79. The summed E-state index contributed by atoms with van der Waals surface area (Å²) < 4.78 is 13.0. The SMILES string of the molecule is O=CN(Cc1cccc(F)c1)c1ccsc1. The fourth-order valence-electron chi connectivity index (χ4n) is 1.44. The Kier molecular flexibility index (Phi) is 3.31. The number of rotatable bonds is 4. The number of carbonyl (C=O) groups excluding carboxylic acids is 1. The fraction of sp³-hybridized carbons (Fsp3) is 0.0833. The van der Waals surface area contributed by atoms with Crippen molar-refractivity contribution in [3.63, 3.8) is 0 Å². The van der Waals surface area contributed by atoms with Crippen LogP contribution in [0.5, 0.6) is 0 Å². The van der Waals surface area contributed by atoms with Crippen molar-refractivity contribution in [3.05, 3.63) is 52.5 Å². The van der Waals surface area contributed by atoms with E-state index in [1.807, 2.05) is 16.8 Å². The molecule has 0 aliphatic heterocycles. The molecule has 1 heterocycles. The number of hydrogen-bond donors (Lipinski definition) is 0. The van der Waals surface area contributed by atoms with Gasteiger partial charge in [0.15, 0.2) is 0 Å². The maximum absolute atomic E-state index is 13.0. The van der Waals surface area contributed by atoms with Crippen molar-refractivity contribution in [2.45, 2.75) is 6.54 Å². The van der Waals surface area contributed by atoms with Gasteiger partial charge in [-0.15, -0.1) is 0 Å². The van der Waals surface area contributed by atoms with Gasteiger partial charge in [0.25, 0.3) is 0 Å². The second-order valence-electron chi connectivity index (χ2n) is 3.34. The van der Waals surface area contributed by atoms with Crippen LogP contribution in [0.25, 0.3) is 0 Å². The van der Waals surface area contributed by atoms with E-state index in [1.165, 1.54) is 23.5 Å². The lowest BCUT2D eigenvalue weighted by molar-refractivity contribution is -0.107. The van der Waals surface area contributed by atoms with Crippen molar-refractivity contribution in [3.8, 4) is 0 Å². The number of hydrogen-bond acceptors (Lipinski definition) is 2. The van der Waals surface area contributed by atoms with Crippen LogP contribution in [-0.2, 0) is 11.3 Å². The molecule has 4 heteroatoms. The van der Waals surface area contributed by atoms with E-state index >= 15 is 0 Å². The van der Waals surface area contributed by atoms with Gasteiger partial charge in [-0.3, -0.25) is 4.79 Å². The quantitative estimate of drug-likeness (QED) is 0.746. The average molecular weight is 235 g/mol. The summed E-state index contributed by atoms with van der Waals surface area (Å²) in [6, 6.07) is 8.12. The summed E-state index contributed by atoms with van der Waals surface area (Å²) in [5.41, 5.74) is 1.61. The molecule has 0 bridgehead atoms. The van der Waals surface area contributed by atoms with Crippen molar-refractivity contribution in [2.75, 3.05) is 4.90 Å². The maximum Gasteiger partial charge on any atom is 0.214 e. The van der Waals surface area contributed by atoms with Crippen molar-refractivity contribution in [1.29, 1.82) is 0 Å². The van der Waals surface area contributed by atoms with Gasteiger partial charge in [0.2, 0.25) is 6.41 Å². The van der Waals surface area contributed by atoms with Crippen LogP contribution in [0.1, 0.15) is 5.56 Å². The van der Waals surface area contributed by atoms with Gasteiger partial charge in [0, 0.05) is 5.38 Å².